The van der Waals surface area contributed by atoms with Gasteiger partial charge >= 0.3 is 0 Å². The van der Waals surface area contributed by atoms with Crippen LogP contribution in [0.3, 0.4) is 0 Å². The number of nitrogens with zero attached hydrogens (tertiary/aromatic N) is 3. The number of hydrogen-bond donors (Lipinski definition) is 2. The summed E-state index contributed by atoms with van der Waals surface area (Å²) in [5, 5.41) is 12.0. The van der Waals surface area contributed by atoms with Crippen molar-refractivity contribution in [3.05, 3.63) is 50.4 Å². The van der Waals surface area contributed by atoms with Crippen LogP contribution in [0.2, 0.25) is 5.15 Å². The van der Waals surface area contributed by atoms with Crippen LogP contribution in [0.25, 0.3) is 0 Å². The average molecular weight is 522 g/mol. The minimum absolute atomic E-state index is 0.0777. The fourth-order valence-corrected chi connectivity index (χ4v) is 5.94. The third-order valence-electron chi connectivity index (χ3n) is 6.53. The summed E-state index contributed by atoms with van der Waals surface area (Å²) in [6, 6.07) is 4.76. The van der Waals surface area contributed by atoms with Crippen molar-refractivity contribution in [3.8, 4) is 0 Å². The molecule has 186 valence electrons. The highest BCUT2D eigenvalue weighted by Gasteiger charge is 2.28. The first-order valence-electron chi connectivity index (χ1n) is 12.0. The van der Waals surface area contributed by atoms with E-state index in [1.54, 1.807) is 17.4 Å². The summed E-state index contributed by atoms with van der Waals surface area (Å²) in [6.07, 6.45) is 3.08. The van der Waals surface area contributed by atoms with E-state index in [1.807, 2.05) is 13.8 Å². The van der Waals surface area contributed by atoms with Gasteiger partial charge in [-0.2, -0.15) is 11.3 Å². The van der Waals surface area contributed by atoms with Gasteiger partial charge in [0, 0.05) is 44.8 Å². The van der Waals surface area contributed by atoms with Crippen LogP contribution < -0.4 is 10.6 Å². The molecule has 1 saturated heterocycles. The minimum Gasteiger partial charge on any atom is -0.363 e. The van der Waals surface area contributed by atoms with E-state index < -0.39 is 0 Å². The van der Waals surface area contributed by atoms with Crippen LogP contribution in [0, 0.1) is 13.8 Å². The molecule has 1 amide bonds. The largest absolute Gasteiger partial charge is 0.363 e. The standard InChI is InChI=1S/C25H36ClN5OS2/c1-5-27-25(33)31(15-20-9-13-34-16-20)21-7-11-30(12-8-21)18(3)6-10-28-24(32)23-17(2)14-22(26)29-19(23)4/h9,13-14,16,18,21H,5-8,10-12,15H2,1-4H3,(H,27,33)(H,28,32)/t18-/m1/s1. The maximum absolute atomic E-state index is 12.7. The number of nitrogens with one attached hydrogen (secondary N) is 2. The molecule has 0 aliphatic carbocycles. The molecular formula is C25H36ClN5OS2. The fraction of sp³-hybridized carbons (Fsp3) is 0.560. The maximum atomic E-state index is 12.7. The number of carbonyl (C=O) groups is 1. The average Bonchev–Trinajstić information content (AvgIpc) is 3.30. The molecule has 0 aromatic carbocycles. The van der Waals surface area contributed by atoms with Gasteiger partial charge in [0.2, 0.25) is 0 Å². The lowest BCUT2D eigenvalue weighted by Gasteiger charge is -2.41. The van der Waals surface area contributed by atoms with Gasteiger partial charge in [0.15, 0.2) is 5.11 Å². The molecule has 1 aliphatic heterocycles. The van der Waals surface area contributed by atoms with Crippen molar-refractivity contribution in [1.82, 2.24) is 25.4 Å². The smallest absolute Gasteiger partial charge is 0.253 e. The lowest BCUT2D eigenvalue weighted by molar-refractivity contribution is 0.0934. The van der Waals surface area contributed by atoms with Gasteiger partial charge < -0.3 is 20.4 Å². The highest BCUT2D eigenvalue weighted by Crippen LogP contribution is 2.22. The third-order valence-corrected chi connectivity index (χ3v) is 7.83. The minimum atomic E-state index is -0.0777. The molecule has 6 nitrogen and oxygen atoms in total. The van der Waals surface area contributed by atoms with E-state index in [-0.39, 0.29) is 5.91 Å². The normalized spacial score (nSPS) is 15.7. The number of pyridine rings is 1. The van der Waals surface area contributed by atoms with Crippen molar-refractivity contribution in [2.45, 2.75) is 65.6 Å². The SMILES string of the molecule is CCNC(=S)N(Cc1ccsc1)C1CCN([C@H](C)CCNC(=O)c2c(C)cc(Cl)nc2C)CC1. The number of aryl methyl sites for hydroxylation is 2. The number of hydrogen-bond acceptors (Lipinski definition) is 5. The zero-order chi connectivity index (χ0) is 24.7. The van der Waals surface area contributed by atoms with Gasteiger partial charge in [0.05, 0.1) is 11.3 Å². The zero-order valence-electron chi connectivity index (χ0n) is 20.6. The Morgan fingerprint density at radius 2 is 2.09 bits per heavy atom. The number of aromatic nitrogens is 1. The van der Waals surface area contributed by atoms with Crippen molar-refractivity contribution in [3.63, 3.8) is 0 Å². The summed E-state index contributed by atoms with van der Waals surface area (Å²) in [5.74, 6) is -0.0777. The van der Waals surface area contributed by atoms with Gasteiger partial charge in [-0.25, -0.2) is 4.98 Å². The zero-order valence-corrected chi connectivity index (χ0v) is 23.0. The van der Waals surface area contributed by atoms with E-state index in [9.17, 15) is 4.79 Å². The monoisotopic (exact) mass is 521 g/mol. The van der Waals surface area contributed by atoms with Crippen LogP contribution in [0.4, 0.5) is 0 Å². The molecule has 0 unspecified atom stereocenters. The van der Waals surface area contributed by atoms with E-state index >= 15 is 0 Å². The Bertz CT molecular complexity index is 937. The van der Waals surface area contributed by atoms with Gasteiger partial charge in [0.1, 0.15) is 5.15 Å². The summed E-state index contributed by atoms with van der Waals surface area (Å²) in [6.45, 7) is 12.5. The Balaban J connectivity index is 1.48. The Morgan fingerprint density at radius 1 is 1.35 bits per heavy atom. The van der Waals surface area contributed by atoms with Crippen molar-refractivity contribution >= 4 is 46.2 Å². The number of rotatable bonds is 9. The summed E-state index contributed by atoms with van der Waals surface area (Å²) >= 11 is 13.4. The Morgan fingerprint density at radius 3 is 2.71 bits per heavy atom. The van der Waals surface area contributed by atoms with Gasteiger partial charge in [0.25, 0.3) is 5.91 Å². The predicted molar refractivity (Wildman–Crippen MR) is 146 cm³/mol. The topological polar surface area (TPSA) is 60.5 Å². The molecule has 0 bridgehead atoms. The summed E-state index contributed by atoms with van der Waals surface area (Å²) < 4.78 is 0. The third kappa shape index (κ3) is 7.13. The molecule has 9 heteroatoms. The van der Waals surface area contributed by atoms with Crippen LogP contribution in [0.1, 0.15) is 60.3 Å². The van der Waals surface area contributed by atoms with Crippen molar-refractivity contribution in [1.29, 1.82) is 0 Å². The van der Waals surface area contributed by atoms with E-state index in [0.717, 1.165) is 56.1 Å². The van der Waals surface area contributed by atoms with Crippen LogP contribution in [0.5, 0.6) is 0 Å². The summed E-state index contributed by atoms with van der Waals surface area (Å²) in [7, 11) is 0. The number of thiophene rings is 1. The predicted octanol–water partition coefficient (Wildman–Crippen LogP) is 4.78. The maximum Gasteiger partial charge on any atom is 0.253 e. The first-order chi connectivity index (χ1) is 16.3. The molecular weight excluding hydrogens is 486 g/mol. The second-order valence-electron chi connectivity index (χ2n) is 8.98. The molecule has 2 aromatic rings. The molecule has 0 saturated carbocycles. The van der Waals surface area contributed by atoms with Crippen molar-refractivity contribution in [2.75, 3.05) is 26.2 Å². The first-order valence-corrected chi connectivity index (χ1v) is 13.7. The number of piperidine rings is 1. The van der Waals surface area contributed by atoms with Gasteiger partial charge in [-0.05, 0) is 93.2 Å². The number of halogens is 1. The lowest BCUT2D eigenvalue weighted by Crippen LogP contribution is -2.51. The van der Waals surface area contributed by atoms with Crippen LogP contribution >= 0.6 is 35.2 Å². The molecule has 0 radical (unpaired) electrons. The molecule has 3 heterocycles. The van der Waals surface area contributed by atoms with Crippen LogP contribution in [0.15, 0.2) is 22.9 Å². The van der Waals surface area contributed by atoms with E-state index in [0.29, 0.717) is 35.0 Å². The second kappa shape index (κ2) is 12.8. The molecule has 2 aromatic heterocycles. The molecule has 2 N–H and O–H groups in total. The van der Waals surface area contributed by atoms with Gasteiger partial charge in [-0.15, -0.1) is 0 Å². The number of carbonyl (C=O) groups excluding carboxylic acids is 1. The molecule has 1 fully saturated rings. The Labute approximate surface area is 218 Å². The highest BCUT2D eigenvalue weighted by atomic mass is 35.5. The van der Waals surface area contributed by atoms with Crippen molar-refractivity contribution < 1.29 is 4.79 Å². The van der Waals surface area contributed by atoms with Crippen LogP contribution in [-0.4, -0.2) is 64.1 Å². The van der Waals surface area contributed by atoms with Crippen molar-refractivity contribution in [2.24, 2.45) is 0 Å². The molecule has 1 aliphatic rings. The summed E-state index contributed by atoms with van der Waals surface area (Å²) in [5.41, 5.74) is 3.46. The Hall–Kier alpha value is -1.74. The quantitative estimate of drug-likeness (QED) is 0.366. The summed E-state index contributed by atoms with van der Waals surface area (Å²) in [4.78, 5) is 21.8. The number of thiocarbonyl (C=S) groups is 1. The van der Waals surface area contributed by atoms with Crippen LogP contribution in [-0.2, 0) is 6.54 Å². The second-order valence-corrected chi connectivity index (χ2v) is 10.5. The van der Waals surface area contributed by atoms with E-state index in [1.165, 1.54) is 5.56 Å². The fourth-order valence-electron chi connectivity index (χ4n) is 4.63. The molecule has 0 spiro atoms. The molecule has 34 heavy (non-hydrogen) atoms. The highest BCUT2D eigenvalue weighted by molar-refractivity contribution is 7.80. The van der Waals surface area contributed by atoms with E-state index in [2.05, 4.69) is 56.1 Å². The van der Waals surface area contributed by atoms with Gasteiger partial charge in [-0.3, -0.25) is 4.79 Å². The Kier molecular flexibility index (Phi) is 10.1. The van der Waals surface area contributed by atoms with Gasteiger partial charge in [-0.1, -0.05) is 11.6 Å². The number of likely N-dealkylation sites (tertiary alicyclic amines) is 1. The molecule has 1 atom stereocenters. The number of amides is 1. The lowest BCUT2D eigenvalue weighted by atomic mass is 10.0. The molecule has 3 rings (SSSR count). The first kappa shape index (κ1) is 26.9. The van der Waals surface area contributed by atoms with E-state index in [4.69, 9.17) is 23.8 Å².